The average Bonchev–Trinajstić information content (AvgIpc) is 3.23. The van der Waals surface area contributed by atoms with Gasteiger partial charge in [-0.25, -0.2) is 0 Å². The van der Waals surface area contributed by atoms with Gasteiger partial charge in [0.05, 0.1) is 11.6 Å². The second-order valence-electron chi connectivity index (χ2n) is 8.22. The largest absolute Gasteiger partial charge is 0.493 e. The van der Waals surface area contributed by atoms with Crippen LogP contribution in [0.25, 0.3) is 10.9 Å². The molecular formula is C27H27BrN2O4. The highest BCUT2D eigenvalue weighted by atomic mass is 79.9. The number of hydrogen-bond acceptors (Lipinski definition) is 4. The zero-order valence-electron chi connectivity index (χ0n) is 19.1. The van der Waals surface area contributed by atoms with Gasteiger partial charge in [-0.05, 0) is 57.7 Å². The molecule has 0 amide bonds. The molecule has 1 aromatic heterocycles. The van der Waals surface area contributed by atoms with Gasteiger partial charge in [-0.3, -0.25) is 4.79 Å². The van der Waals surface area contributed by atoms with E-state index in [1.54, 1.807) is 7.11 Å². The molecule has 0 aliphatic carbocycles. The van der Waals surface area contributed by atoms with E-state index in [2.05, 4.69) is 32.3 Å². The van der Waals surface area contributed by atoms with Crippen LogP contribution < -0.4 is 14.8 Å². The number of carboxylic acid groups (broad SMARTS) is 1. The third kappa shape index (κ3) is 5.61. The van der Waals surface area contributed by atoms with Crippen LogP contribution in [0.4, 0.5) is 0 Å². The number of rotatable bonds is 10. The number of nitrogens with one attached hydrogen (secondary N) is 2. The Labute approximate surface area is 207 Å². The van der Waals surface area contributed by atoms with Crippen LogP contribution in [0.15, 0.2) is 71.3 Å². The molecule has 0 bridgehead atoms. The van der Waals surface area contributed by atoms with Gasteiger partial charge in [0.2, 0.25) is 0 Å². The van der Waals surface area contributed by atoms with Crippen molar-refractivity contribution in [2.75, 3.05) is 7.11 Å². The highest BCUT2D eigenvalue weighted by Gasteiger charge is 2.20. The molecule has 1 heterocycles. The fourth-order valence-corrected chi connectivity index (χ4v) is 4.58. The number of carboxylic acids is 1. The van der Waals surface area contributed by atoms with Crippen LogP contribution in [0.2, 0.25) is 0 Å². The number of para-hydroxylation sites is 1. The summed E-state index contributed by atoms with van der Waals surface area (Å²) in [5.74, 6) is 0.304. The first-order chi connectivity index (χ1) is 16.4. The summed E-state index contributed by atoms with van der Waals surface area (Å²) in [6.07, 6.45) is 2.25. The first kappa shape index (κ1) is 23.9. The molecular weight excluding hydrogens is 496 g/mol. The molecule has 0 aliphatic rings. The lowest BCUT2D eigenvalue weighted by Crippen LogP contribution is -2.38. The third-order valence-corrected chi connectivity index (χ3v) is 6.29. The summed E-state index contributed by atoms with van der Waals surface area (Å²) in [6, 6.07) is 19.1. The minimum absolute atomic E-state index is 0.368. The Kier molecular flexibility index (Phi) is 7.55. The predicted octanol–water partition coefficient (Wildman–Crippen LogP) is 5.61. The molecule has 0 saturated carbocycles. The van der Waals surface area contributed by atoms with Crippen LogP contribution in [0.1, 0.15) is 22.3 Å². The number of methoxy groups -OCH3 is 1. The van der Waals surface area contributed by atoms with E-state index < -0.39 is 12.0 Å². The molecule has 4 aromatic rings. The Morgan fingerprint density at radius 1 is 1.12 bits per heavy atom. The van der Waals surface area contributed by atoms with Gasteiger partial charge in [-0.1, -0.05) is 48.0 Å². The fraction of sp³-hybridized carbons (Fsp3) is 0.222. The molecule has 1 unspecified atom stereocenters. The number of H-pyrrole nitrogens is 1. The summed E-state index contributed by atoms with van der Waals surface area (Å²) < 4.78 is 12.4. The van der Waals surface area contributed by atoms with Crippen molar-refractivity contribution in [2.24, 2.45) is 0 Å². The second-order valence-corrected chi connectivity index (χ2v) is 9.08. The molecule has 3 aromatic carbocycles. The highest BCUT2D eigenvalue weighted by Crippen LogP contribution is 2.37. The number of aliphatic carboxylic acids is 1. The van der Waals surface area contributed by atoms with E-state index in [0.717, 1.165) is 32.1 Å². The van der Waals surface area contributed by atoms with Gasteiger partial charge in [0.25, 0.3) is 0 Å². The maximum atomic E-state index is 11.9. The van der Waals surface area contributed by atoms with E-state index in [9.17, 15) is 9.90 Å². The summed E-state index contributed by atoms with van der Waals surface area (Å²) in [5.41, 5.74) is 5.10. The van der Waals surface area contributed by atoms with Crippen LogP contribution >= 0.6 is 15.9 Å². The Morgan fingerprint density at radius 3 is 2.71 bits per heavy atom. The number of halogens is 1. The highest BCUT2D eigenvalue weighted by molar-refractivity contribution is 9.10. The number of hydrogen-bond donors (Lipinski definition) is 3. The molecule has 4 rings (SSSR count). The van der Waals surface area contributed by atoms with Gasteiger partial charge in [-0.2, -0.15) is 0 Å². The van der Waals surface area contributed by atoms with E-state index >= 15 is 0 Å². The SMILES string of the molecule is COc1cc(CNC(Cc2c[nH]c3ccccc23)C(=O)O)cc(Br)c1OCc1cccc(C)c1. The minimum Gasteiger partial charge on any atom is -0.493 e. The standard InChI is InChI=1S/C27H27BrN2O4/c1-17-6-5-7-18(10-17)16-34-26-22(28)11-19(12-25(26)33-2)14-29-24(27(31)32)13-20-15-30-23-9-4-3-8-21(20)23/h3-12,15,24,29-30H,13-14,16H2,1-2H3,(H,31,32). The van der Waals surface area contributed by atoms with E-state index in [1.165, 1.54) is 5.56 Å². The molecule has 0 radical (unpaired) electrons. The van der Waals surface area contributed by atoms with E-state index in [4.69, 9.17) is 9.47 Å². The average molecular weight is 523 g/mol. The van der Waals surface area contributed by atoms with Crippen molar-refractivity contribution in [1.29, 1.82) is 0 Å². The van der Waals surface area contributed by atoms with Crippen molar-refractivity contribution in [1.82, 2.24) is 10.3 Å². The van der Waals surface area contributed by atoms with Gasteiger partial charge >= 0.3 is 5.97 Å². The Bertz CT molecular complexity index is 1300. The topological polar surface area (TPSA) is 83.6 Å². The smallest absolute Gasteiger partial charge is 0.321 e. The van der Waals surface area contributed by atoms with Crippen LogP contribution in [-0.4, -0.2) is 29.2 Å². The van der Waals surface area contributed by atoms with Gasteiger partial charge in [-0.15, -0.1) is 0 Å². The van der Waals surface area contributed by atoms with Crippen LogP contribution in [0, 0.1) is 6.92 Å². The van der Waals surface area contributed by atoms with Gasteiger partial charge in [0.15, 0.2) is 11.5 Å². The number of aromatic nitrogens is 1. The Balaban J connectivity index is 1.45. The monoisotopic (exact) mass is 522 g/mol. The molecule has 34 heavy (non-hydrogen) atoms. The first-order valence-electron chi connectivity index (χ1n) is 11.0. The number of ether oxygens (including phenoxy) is 2. The molecule has 176 valence electrons. The maximum absolute atomic E-state index is 11.9. The quantitative estimate of drug-likeness (QED) is 0.252. The zero-order valence-corrected chi connectivity index (χ0v) is 20.7. The van der Waals surface area contributed by atoms with E-state index in [-0.39, 0.29) is 0 Å². The van der Waals surface area contributed by atoms with Crippen LogP contribution in [0.3, 0.4) is 0 Å². The number of aromatic amines is 1. The zero-order chi connectivity index (χ0) is 24.1. The normalized spacial score (nSPS) is 12.0. The predicted molar refractivity (Wildman–Crippen MR) is 136 cm³/mol. The van der Waals surface area contributed by atoms with E-state index in [0.29, 0.717) is 31.1 Å². The summed E-state index contributed by atoms with van der Waals surface area (Å²) in [6.45, 7) is 2.83. The van der Waals surface area contributed by atoms with Crippen molar-refractivity contribution >= 4 is 32.8 Å². The lowest BCUT2D eigenvalue weighted by Gasteiger charge is -2.17. The van der Waals surface area contributed by atoms with Crippen molar-refractivity contribution in [3.05, 3.63) is 93.6 Å². The van der Waals surface area contributed by atoms with Crippen molar-refractivity contribution in [2.45, 2.75) is 32.5 Å². The van der Waals surface area contributed by atoms with Crippen molar-refractivity contribution in [3.63, 3.8) is 0 Å². The van der Waals surface area contributed by atoms with Gasteiger partial charge < -0.3 is 24.9 Å². The lowest BCUT2D eigenvalue weighted by atomic mass is 10.0. The molecule has 0 saturated heterocycles. The lowest BCUT2D eigenvalue weighted by molar-refractivity contribution is -0.139. The molecule has 0 aliphatic heterocycles. The van der Waals surface area contributed by atoms with Gasteiger partial charge in [0, 0.05) is 30.1 Å². The molecule has 7 heteroatoms. The van der Waals surface area contributed by atoms with Crippen molar-refractivity contribution < 1.29 is 19.4 Å². The minimum atomic E-state index is -0.894. The number of aryl methyl sites for hydroxylation is 1. The summed E-state index contributed by atoms with van der Waals surface area (Å²) in [4.78, 5) is 15.1. The Morgan fingerprint density at radius 2 is 1.94 bits per heavy atom. The first-order valence-corrected chi connectivity index (χ1v) is 11.8. The molecule has 0 fully saturated rings. The number of carbonyl (C=O) groups is 1. The van der Waals surface area contributed by atoms with Crippen LogP contribution in [-0.2, 0) is 24.4 Å². The summed E-state index contributed by atoms with van der Waals surface area (Å²) >= 11 is 3.59. The Hall–Kier alpha value is -3.29. The van der Waals surface area contributed by atoms with Crippen molar-refractivity contribution in [3.8, 4) is 11.5 Å². The maximum Gasteiger partial charge on any atom is 0.321 e. The number of fused-ring (bicyclic) bond motifs is 1. The molecule has 0 spiro atoms. The molecule has 1 atom stereocenters. The summed E-state index contributed by atoms with van der Waals surface area (Å²) in [7, 11) is 1.59. The molecule has 3 N–H and O–H groups in total. The third-order valence-electron chi connectivity index (χ3n) is 5.70. The van der Waals surface area contributed by atoms with Gasteiger partial charge in [0.1, 0.15) is 12.6 Å². The number of benzene rings is 3. The fourth-order valence-electron chi connectivity index (χ4n) is 3.98. The second kappa shape index (κ2) is 10.8. The van der Waals surface area contributed by atoms with Crippen LogP contribution in [0.5, 0.6) is 11.5 Å². The van der Waals surface area contributed by atoms with E-state index in [1.807, 2.05) is 67.7 Å². The summed E-state index contributed by atoms with van der Waals surface area (Å²) in [5, 5.41) is 14.0. The molecule has 6 nitrogen and oxygen atoms in total.